The van der Waals surface area contributed by atoms with Gasteiger partial charge in [0, 0.05) is 34.3 Å². The topological polar surface area (TPSA) is 108 Å². The molecule has 2 unspecified atom stereocenters. The Hall–Kier alpha value is -3.59. The second kappa shape index (κ2) is 9.95. The number of carbonyl (C=O) groups is 1. The van der Waals surface area contributed by atoms with Crippen molar-refractivity contribution in [1.29, 1.82) is 0 Å². The van der Waals surface area contributed by atoms with Crippen LogP contribution in [-0.2, 0) is 0 Å². The van der Waals surface area contributed by atoms with E-state index in [1.165, 1.54) is 30.5 Å². The molecular formula is C26H22ClF2N3O3. The first-order valence-electron chi connectivity index (χ1n) is 10.7. The molecule has 0 radical (unpaired) electrons. The predicted molar refractivity (Wildman–Crippen MR) is 131 cm³/mol. The fourth-order valence-electron chi connectivity index (χ4n) is 3.87. The Labute approximate surface area is 205 Å². The van der Waals surface area contributed by atoms with Crippen LogP contribution in [0.4, 0.5) is 14.5 Å². The lowest BCUT2D eigenvalue weighted by atomic mass is 9.99. The third kappa shape index (κ3) is 4.95. The number of hydrogen-bond acceptors (Lipinski definition) is 5. The molecule has 180 valence electrons. The number of aliphatic hydroxyl groups excluding tert-OH is 2. The molecule has 1 aromatic heterocycles. The van der Waals surface area contributed by atoms with Crippen molar-refractivity contribution in [3.05, 3.63) is 94.1 Å². The van der Waals surface area contributed by atoms with Crippen molar-refractivity contribution in [1.82, 2.24) is 4.98 Å². The van der Waals surface area contributed by atoms with Crippen LogP contribution in [-0.4, -0.2) is 27.7 Å². The summed E-state index contributed by atoms with van der Waals surface area (Å²) >= 11 is 6.43. The number of hydrogen-bond donors (Lipinski definition) is 4. The number of fused-ring (bicyclic) bond motifs is 1. The molecule has 9 heteroatoms. The number of aromatic nitrogens is 1. The Morgan fingerprint density at radius 1 is 1.11 bits per heavy atom. The maximum absolute atomic E-state index is 15.0. The number of nitrogens with one attached hydrogen (secondary N) is 1. The maximum Gasteiger partial charge on any atom is 0.248 e. The summed E-state index contributed by atoms with van der Waals surface area (Å²) < 4.78 is 29.5. The number of benzene rings is 3. The number of halogens is 3. The third-order valence-corrected chi connectivity index (χ3v) is 6.08. The lowest BCUT2D eigenvalue weighted by Gasteiger charge is -2.20. The smallest absolute Gasteiger partial charge is 0.248 e. The van der Waals surface area contributed by atoms with Crippen LogP contribution in [0.1, 0.15) is 40.6 Å². The van der Waals surface area contributed by atoms with E-state index in [0.717, 1.165) is 0 Å². The van der Waals surface area contributed by atoms with Crippen LogP contribution in [0.25, 0.3) is 22.0 Å². The van der Waals surface area contributed by atoms with E-state index < -0.39 is 36.3 Å². The van der Waals surface area contributed by atoms with E-state index in [1.54, 1.807) is 37.3 Å². The summed E-state index contributed by atoms with van der Waals surface area (Å²) in [6.45, 7) is 1.27. The van der Waals surface area contributed by atoms with Crippen LogP contribution in [0.3, 0.4) is 0 Å². The number of rotatable bonds is 7. The van der Waals surface area contributed by atoms with Crippen LogP contribution < -0.4 is 11.1 Å². The number of primary amides is 1. The van der Waals surface area contributed by atoms with Crippen molar-refractivity contribution < 1.29 is 23.8 Å². The van der Waals surface area contributed by atoms with E-state index in [-0.39, 0.29) is 21.7 Å². The number of amides is 1. The zero-order valence-corrected chi connectivity index (χ0v) is 19.4. The molecule has 35 heavy (non-hydrogen) atoms. The van der Waals surface area contributed by atoms with Crippen molar-refractivity contribution in [2.24, 2.45) is 5.73 Å². The Morgan fingerprint density at radius 3 is 2.49 bits per heavy atom. The second-order valence-corrected chi connectivity index (χ2v) is 8.52. The highest BCUT2D eigenvalue weighted by Crippen LogP contribution is 2.37. The molecule has 0 saturated heterocycles. The van der Waals surface area contributed by atoms with Gasteiger partial charge in [0.1, 0.15) is 17.7 Å². The van der Waals surface area contributed by atoms with Crippen molar-refractivity contribution in [3.63, 3.8) is 0 Å². The Kier molecular flexibility index (Phi) is 6.98. The lowest BCUT2D eigenvalue weighted by molar-refractivity contribution is 0.0956. The molecule has 4 aromatic rings. The van der Waals surface area contributed by atoms with E-state index in [4.69, 9.17) is 22.4 Å². The average molecular weight is 498 g/mol. The van der Waals surface area contributed by atoms with Crippen molar-refractivity contribution >= 4 is 34.1 Å². The van der Waals surface area contributed by atoms with Gasteiger partial charge in [-0.15, -0.1) is 0 Å². The molecule has 0 bridgehead atoms. The van der Waals surface area contributed by atoms with Gasteiger partial charge >= 0.3 is 0 Å². The first-order chi connectivity index (χ1) is 16.7. The van der Waals surface area contributed by atoms with Gasteiger partial charge in [-0.05, 0) is 42.3 Å². The van der Waals surface area contributed by atoms with E-state index in [9.17, 15) is 18.7 Å². The van der Waals surface area contributed by atoms with E-state index >= 15 is 0 Å². The number of carbonyl (C=O) groups excluding carboxylic acids is 1. The van der Waals surface area contributed by atoms with Crippen LogP contribution in [0.15, 0.2) is 60.8 Å². The Balaban J connectivity index is 1.77. The fourth-order valence-corrected chi connectivity index (χ4v) is 4.08. The van der Waals surface area contributed by atoms with Gasteiger partial charge in [-0.1, -0.05) is 35.9 Å². The molecular weight excluding hydrogens is 476 g/mol. The fraction of sp³-hybridized carbons (Fsp3) is 0.154. The molecule has 1 amide bonds. The SMILES string of the molecule is CC(Nc1c(Cl)cnc2cc(F)c(-c3ccc(C(O)CO)cc3)cc12)c1cc(C(N)=O)ccc1F. The first-order valence-corrected chi connectivity index (χ1v) is 11.1. The summed E-state index contributed by atoms with van der Waals surface area (Å²) in [6.07, 6.45) is 0.346. The van der Waals surface area contributed by atoms with Gasteiger partial charge in [-0.2, -0.15) is 0 Å². The summed E-state index contributed by atoms with van der Waals surface area (Å²) in [4.78, 5) is 15.8. The van der Waals surface area contributed by atoms with E-state index in [2.05, 4.69) is 10.3 Å². The van der Waals surface area contributed by atoms with Gasteiger partial charge in [-0.3, -0.25) is 9.78 Å². The van der Waals surface area contributed by atoms with Crippen LogP contribution in [0.5, 0.6) is 0 Å². The van der Waals surface area contributed by atoms with Crippen LogP contribution >= 0.6 is 11.6 Å². The van der Waals surface area contributed by atoms with Gasteiger partial charge in [0.15, 0.2) is 0 Å². The maximum atomic E-state index is 15.0. The minimum atomic E-state index is -1.03. The number of aliphatic hydroxyl groups is 2. The number of anilines is 1. The Bertz CT molecular complexity index is 1410. The van der Waals surface area contributed by atoms with Gasteiger partial charge in [0.2, 0.25) is 5.91 Å². The summed E-state index contributed by atoms with van der Waals surface area (Å²) in [7, 11) is 0. The molecule has 4 rings (SSSR count). The third-order valence-electron chi connectivity index (χ3n) is 5.80. The molecule has 2 atom stereocenters. The monoisotopic (exact) mass is 497 g/mol. The highest BCUT2D eigenvalue weighted by Gasteiger charge is 2.18. The van der Waals surface area contributed by atoms with E-state index in [1.807, 2.05) is 0 Å². The minimum Gasteiger partial charge on any atom is -0.393 e. The first kappa shape index (κ1) is 24.5. The highest BCUT2D eigenvalue weighted by atomic mass is 35.5. The predicted octanol–water partition coefficient (Wildman–Crippen LogP) is 5.13. The second-order valence-electron chi connectivity index (χ2n) is 8.12. The zero-order valence-electron chi connectivity index (χ0n) is 18.6. The molecule has 5 N–H and O–H groups in total. The zero-order chi connectivity index (χ0) is 25.3. The normalized spacial score (nSPS) is 13.0. The quantitative estimate of drug-likeness (QED) is 0.283. The van der Waals surface area contributed by atoms with Gasteiger partial charge < -0.3 is 21.3 Å². The van der Waals surface area contributed by atoms with Crippen molar-refractivity contribution in [2.45, 2.75) is 19.1 Å². The molecule has 0 aliphatic rings. The summed E-state index contributed by atoms with van der Waals surface area (Å²) in [5.74, 6) is -1.72. The van der Waals surface area contributed by atoms with Crippen LogP contribution in [0, 0.1) is 11.6 Å². The molecule has 0 fully saturated rings. The molecule has 0 aliphatic heterocycles. The lowest BCUT2D eigenvalue weighted by Crippen LogP contribution is -2.14. The van der Waals surface area contributed by atoms with E-state index in [0.29, 0.717) is 27.7 Å². The Morgan fingerprint density at radius 2 is 1.83 bits per heavy atom. The number of nitrogens with two attached hydrogens (primary N) is 1. The molecule has 0 aliphatic carbocycles. The molecule has 0 saturated carbocycles. The standard InChI is InChI=1S/C26H22ClF2N3O3/c1-13(17-8-16(26(30)35)6-7-21(17)28)32-25-19-9-18(22(29)10-23(19)31-11-20(25)27)14-2-4-15(5-3-14)24(34)12-33/h2-11,13,24,33-34H,12H2,1H3,(H2,30,35)(H,31,32). The average Bonchev–Trinajstić information content (AvgIpc) is 2.85. The van der Waals surface area contributed by atoms with Crippen molar-refractivity contribution in [2.75, 3.05) is 11.9 Å². The van der Waals surface area contributed by atoms with Crippen molar-refractivity contribution in [3.8, 4) is 11.1 Å². The summed E-state index contributed by atoms with van der Waals surface area (Å²) in [5.41, 5.74) is 7.77. The summed E-state index contributed by atoms with van der Waals surface area (Å²) in [5, 5.41) is 22.8. The van der Waals surface area contributed by atoms with Gasteiger partial charge in [-0.25, -0.2) is 8.78 Å². The minimum absolute atomic E-state index is 0.167. The largest absolute Gasteiger partial charge is 0.393 e. The van der Waals surface area contributed by atoms with Crippen LogP contribution in [0.2, 0.25) is 5.02 Å². The molecule has 1 heterocycles. The molecule has 3 aromatic carbocycles. The summed E-state index contributed by atoms with van der Waals surface area (Å²) in [6, 6.07) is 12.6. The number of pyridine rings is 1. The number of nitrogens with zero attached hydrogens (tertiary/aromatic N) is 1. The van der Waals surface area contributed by atoms with Gasteiger partial charge in [0.25, 0.3) is 0 Å². The van der Waals surface area contributed by atoms with Gasteiger partial charge in [0.05, 0.1) is 28.9 Å². The molecule has 0 spiro atoms. The molecule has 6 nitrogen and oxygen atoms in total. The highest BCUT2D eigenvalue weighted by molar-refractivity contribution is 6.34.